The number of ether oxygens (including phenoxy) is 1. The highest BCUT2D eigenvalue weighted by molar-refractivity contribution is 5.99. The quantitative estimate of drug-likeness (QED) is 0.589. The van der Waals surface area contributed by atoms with Crippen molar-refractivity contribution in [2.24, 2.45) is 0 Å². The summed E-state index contributed by atoms with van der Waals surface area (Å²) in [7, 11) is 0. The molecule has 2 heterocycles. The van der Waals surface area contributed by atoms with Crippen molar-refractivity contribution >= 4 is 23.3 Å². The van der Waals surface area contributed by atoms with Crippen molar-refractivity contribution in [3.8, 4) is 11.4 Å². The number of imidazole rings is 1. The first kappa shape index (κ1) is 20.3. The molecule has 160 valence electrons. The highest BCUT2D eigenvalue weighted by Gasteiger charge is 2.31. The van der Waals surface area contributed by atoms with Gasteiger partial charge in [0.25, 0.3) is 5.91 Å². The van der Waals surface area contributed by atoms with Crippen molar-refractivity contribution in [2.75, 3.05) is 17.2 Å². The summed E-state index contributed by atoms with van der Waals surface area (Å²) in [5.74, 6) is 0.0225. The van der Waals surface area contributed by atoms with Gasteiger partial charge < -0.3 is 25.3 Å². The van der Waals surface area contributed by atoms with Gasteiger partial charge >= 0.3 is 12.2 Å². The number of anilines is 2. The van der Waals surface area contributed by atoms with Crippen LogP contribution in [0, 0.1) is 0 Å². The number of para-hydroxylation sites is 1. The van der Waals surface area contributed by atoms with Crippen LogP contribution < -0.4 is 20.7 Å². The lowest BCUT2D eigenvalue weighted by Crippen LogP contribution is -2.30. The van der Waals surface area contributed by atoms with Crippen LogP contribution in [0.15, 0.2) is 55.1 Å². The predicted octanol–water partition coefficient (Wildman–Crippen LogP) is 3.54. The molecule has 31 heavy (non-hydrogen) atoms. The Labute approximate surface area is 174 Å². The van der Waals surface area contributed by atoms with E-state index in [0.717, 1.165) is 12.1 Å². The number of urea groups is 1. The van der Waals surface area contributed by atoms with Gasteiger partial charge in [-0.05, 0) is 29.8 Å². The smallest absolute Gasteiger partial charge is 0.416 e. The number of nitrogens with one attached hydrogen (secondary N) is 3. The zero-order valence-corrected chi connectivity index (χ0v) is 15.9. The zero-order chi connectivity index (χ0) is 22.0. The van der Waals surface area contributed by atoms with Crippen LogP contribution >= 0.6 is 0 Å². The van der Waals surface area contributed by atoms with Crippen LogP contribution in [-0.2, 0) is 17.5 Å². The number of amides is 3. The van der Waals surface area contributed by atoms with Gasteiger partial charge in [-0.1, -0.05) is 12.1 Å². The summed E-state index contributed by atoms with van der Waals surface area (Å²) in [6.07, 6.45) is -0.163. The van der Waals surface area contributed by atoms with Crippen LogP contribution in [0.5, 0.6) is 5.75 Å². The summed E-state index contributed by atoms with van der Waals surface area (Å²) in [6, 6.07) is 7.54. The highest BCUT2D eigenvalue weighted by Crippen LogP contribution is 2.35. The lowest BCUT2D eigenvalue weighted by Gasteiger charge is -2.21. The Morgan fingerprint density at radius 3 is 2.84 bits per heavy atom. The van der Waals surface area contributed by atoms with E-state index >= 15 is 0 Å². The molecule has 3 N–H and O–H groups in total. The maximum Gasteiger partial charge on any atom is 0.416 e. The average molecular weight is 431 g/mol. The van der Waals surface area contributed by atoms with E-state index in [4.69, 9.17) is 4.74 Å². The van der Waals surface area contributed by atoms with Gasteiger partial charge in [0.05, 0.1) is 29.0 Å². The third kappa shape index (κ3) is 4.44. The Balaban J connectivity index is 1.50. The third-order valence-corrected chi connectivity index (χ3v) is 4.52. The summed E-state index contributed by atoms with van der Waals surface area (Å²) >= 11 is 0. The van der Waals surface area contributed by atoms with Crippen LogP contribution in [0.1, 0.15) is 11.1 Å². The van der Waals surface area contributed by atoms with E-state index in [1.165, 1.54) is 29.4 Å². The maximum atomic E-state index is 13.1. The Morgan fingerprint density at radius 1 is 1.26 bits per heavy atom. The number of nitrogens with zero attached hydrogens (tertiary/aromatic N) is 2. The Bertz CT molecular complexity index is 1130. The maximum absolute atomic E-state index is 13.1. The Kier molecular flexibility index (Phi) is 5.24. The van der Waals surface area contributed by atoms with Gasteiger partial charge in [-0.15, -0.1) is 0 Å². The molecule has 0 bridgehead atoms. The van der Waals surface area contributed by atoms with Crippen molar-refractivity contribution < 1.29 is 27.5 Å². The summed E-state index contributed by atoms with van der Waals surface area (Å²) in [5.41, 5.74) is 0.673. The lowest BCUT2D eigenvalue weighted by molar-refractivity contribution is -0.137. The Hall–Kier alpha value is -4.02. The molecule has 11 heteroatoms. The van der Waals surface area contributed by atoms with Crippen molar-refractivity contribution in [3.05, 3.63) is 66.2 Å². The second-order valence-electron chi connectivity index (χ2n) is 6.64. The molecule has 2 aromatic carbocycles. The molecule has 1 aliphatic rings. The first-order valence-corrected chi connectivity index (χ1v) is 9.10. The summed E-state index contributed by atoms with van der Waals surface area (Å²) in [6.45, 7) is -0.211. The topological polar surface area (TPSA) is 97.3 Å². The first-order valence-electron chi connectivity index (χ1n) is 9.10. The number of hydrogen-bond acceptors (Lipinski definition) is 4. The Morgan fingerprint density at radius 2 is 2.10 bits per heavy atom. The number of hydrogen-bond donors (Lipinski definition) is 3. The van der Waals surface area contributed by atoms with Crippen molar-refractivity contribution in [1.82, 2.24) is 14.9 Å². The third-order valence-electron chi connectivity index (χ3n) is 4.52. The number of alkyl halides is 3. The minimum Gasteiger partial charge on any atom is -0.479 e. The second kappa shape index (κ2) is 8.01. The van der Waals surface area contributed by atoms with Crippen LogP contribution in [0.3, 0.4) is 0 Å². The fourth-order valence-electron chi connectivity index (χ4n) is 3.09. The van der Waals surface area contributed by atoms with E-state index < -0.39 is 17.8 Å². The van der Waals surface area contributed by atoms with Gasteiger partial charge in [-0.3, -0.25) is 4.79 Å². The second-order valence-corrected chi connectivity index (χ2v) is 6.64. The van der Waals surface area contributed by atoms with Crippen molar-refractivity contribution in [3.63, 3.8) is 0 Å². The number of rotatable bonds is 4. The fraction of sp³-hybridized carbons (Fsp3) is 0.150. The molecule has 3 aromatic rings. The van der Waals surface area contributed by atoms with Gasteiger partial charge in [0.1, 0.15) is 0 Å². The van der Waals surface area contributed by atoms with E-state index in [9.17, 15) is 22.8 Å². The molecule has 0 spiro atoms. The lowest BCUT2D eigenvalue weighted by atomic mass is 10.1. The van der Waals surface area contributed by atoms with E-state index in [0.29, 0.717) is 22.7 Å². The molecule has 4 rings (SSSR count). The molecule has 0 atom stereocenters. The van der Waals surface area contributed by atoms with E-state index in [-0.39, 0.29) is 24.7 Å². The molecule has 0 radical (unpaired) electrons. The highest BCUT2D eigenvalue weighted by atomic mass is 19.4. The molecule has 1 aliphatic heterocycles. The van der Waals surface area contributed by atoms with Gasteiger partial charge in [0, 0.05) is 18.9 Å². The zero-order valence-electron chi connectivity index (χ0n) is 15.9. The average Bonchev–Trinajstić information content (AvgIpc) is 3.26. The monoisotopic (exact) mass is 431 g/mol. The first-order chi connectivity index (χ1) is 14.8. The van der Waals surface area contributed by atoms with E-state index in [2.05, 4.69) is 20.9 Å². The molecular formula is C20H16F3N5O3. The largest absolute Gasteiger partial charge is 0.479 e. The molecule has 0 fully saturated rings. The van der Waals surface area contributed by atoms with Crippen LogP contribution in [0.2, 0.25) is 0 Å². The van der Waals surface area contributed by atoms with Crippen LogP contribution in [-0.4, -0.2) is 28.1 Å². The van der Waals surface area contributed by atoms with Crippen molar-refractivity contribution in [1.29, 1.82) is 0 Å². The SMILES string of the molecule is O=C1COc2c(cccc2NC(=O)NCc2ccc(C(F)(F)F)cc2-n2ccnc2)N1. The minimum absolute atomic E-state index is 0.0376. The fourth-order valence-corrected chi connectivity index (χ4v) is 3.09. The summed E-state index contributed by atoms with van der Waals surface area (Å²) in [5, 5.41) is 7.87. The van der Waals surface area contributed by atoms with Crippen LogP contribution in [0.4, 0.5) is 29.3 Å². The number of carbonyl (C=O) groups is 2. The number of benzene rings is 2. The van der Waals surface area contributed by atoms with Gasteiger partial charge in [0.15, 0.2) is 12.4 Å². The van der Waals surface area contributed by atoms with E-state index in [1.807, 2.05) is 0 Å². The number of halogens is 3. The molecule has 0 unspecified atom stereocenters. The number of fused-ring (bicyclic) bond motifs is 1. The molecule has 8 nitrogen and oxygen atoms in total. The van der Waals surface area contributed by atoms with E-state index in [1.54, 1.807) is 18.2 Å². The van der Waals surface area contributed by atoms with Crippen LogP contribution in [0.25, 0.3) is 5.69 Å². The minimum atomic E-state index is -4.50. The van der Waals surface area contributed by atoms with Gasteiger partial charge in [-0.2, -0.15) is 13.2 Å². The molecule has 0 saturated heterocycles. The molecular weight excluding hydrogens is 415 g/mol. The summed E-state index contributed by atoms with van der Waals surface area (Å²) in [4.78, 5) is 27.7. The summed E-state index contributed by atoms with van der Waals surface area (Å²) < 4.78 is 46.2. The molecule has 0 saturated carbocycles. The number of aromatic nitrogens is 2. The predicted molar refractivity (Wildman–Crippen MR) is 105 cm³/mol. The number of carbonyl (C=O) groups excluding carboxylic acids is 2. The molecule has 3 amide bonds. The standard InChI is InChI=1S/C20H16F3N5O3/c21-20(22,23)13-5-4-12(16(8-13)28-7-6-24-11-28)9-25-19(30)27-15-3-1-2-14-18(15)31-10-17(29)26-14/h1-8,11H,9-10H2,(H,26,29)(H2,25,27,30). The molecule has 1 aromatic heterocycles. The van der Waals surface area contributed by atoms with Gasteiger partial charge in [0.2, 0.25) is 0 Å². The van der Waals surface area contributed by atoms with Gasteiger partial charge in [-0.25, -0.2) is 9.78 Å². The van der Waals surface area contributed by atoms with Crippen molar-refractivity contribution in [2.45, 2.75) is 12.7 Å². The molecule has 0 aliphatic carbocycles. The normalized spacial score (nSPS) is 13.1.